The average Bonchev–Trinajstić information content (AvgIpc) is 3.04. The fourth-order valence-corrected chi connectivity index (χ4v) is 4.07. The van der Waals surface area contributed by atoms with Gasteiger partial charge in [0.25, 0.3) is 0 Å². The first kappa shape index (κ1) is 18.0. The lowest BCUT2D eigenvalue weighted by Gasteiger charge is -2.24. The Morgan fingerprint density at radius 2 is 1.72 bits per heavy atom. The molecule has 0 aromatic heterocycles. The van der Waals surface area contributed by atoms with Crippen molar-refractivity contribution in [3.8, 4) is 0 Å². The lowest BCUT2D eigenvalue weighted by molar-refractivity contribution is -0.135. The Bertz CT molecular complexity index is 745. The Morgan fingerprint density at radius 3 is 2.40 bits per heavy atom. The molecule has 0 fully saturated rings. The minimum absolute atomic E-state index is 0.0565. The van der Waals surface area contributed by atoms with Crippen LogP contribution in [0.3, 0.4) is 0 Å². The molecule has 3 rings (SSSR count). The summed E-state index contributed by atoms with van der Waals surface area (Å²) in [5.74, 6) is 0.293. The van der Waals surface area contributed by atoms with Gasteiger partial charge in [-0.2, -0.15) is 0 Å². The fourth-order valence-electron chi connectivity index (χ4n) is 3.14. The zero-order valence-electron chi connectivity index (χ0n) is 15.4. The molecule has 0 spiro atoms. The first-order valence-electron chi connectivity index (χ1n) is 8.82. The molecule has 132 valence electrons. The highest BCUT2D eigenvalue weighted by molar-refractivity contribution is 7.97. The van der Waals surface area contributed by atoms with Gasteiger partial charge in [-0.05, 0) is 54.7 Å². The summed E-state index contributed by atoms with van der Waals surface area (Å²) in [5, 5.41) is 0. The highest BCUT2D eigenvalue weighted by Gasteiger charge is 2.25. The number of fused-ring (bicyclic) bond motifs is 1. The molecule has 0 saturated carbocycles. The van der Waals surface area contributed by atoms with Crippen molar-refractivity contribution < 1.29 is 4.79 Å². The van der Waals surface area contributed by atoms with E-state index in [1.165, 1.54) is 21.6 Å². The van der Waals surface area contributed by atoms with Crippen molar-refractivity contribution in [1.82, 2.24) is 9.21 Å². The van der Waals surface area contributed by atoms with E-state index in [0.29, 0.717) is 6.04 Å². The molecule has 0 saturated heterocycles. The van der Waals surface area contributed by atoms with E-state index in [2.05, 4.69) is 60.7 Å². The second kappa shape index (κ2) is 7.63. The van der Waals surface area contributed by atoms with Crippen LogP contribution in [0.4, 0.5) is 0 Å². The van der Waals surface area contributed by atoms with Crippen LogP contribution in [-0.2, 0) is 17.9 Å². The van der Waals surface area contributed by atoms with Crippen LogP contribution in [0.15, 0.2) is 53.4 Å². The van der Waals surface area contributed by atoms with Gasteiger partial charge >= 0.3 is 0 Å². The smallest absolute Gasteiger partial charge is 0.225 e. The first-order chi connectivity index (χ1) is 12.0. The lowest BCUT2D eigenvalue weighted by Crippen LogP contribution is -2.29. The van der Waals surface area contributed by atoms with Gasteiger partial charge in [0, 0.05) is 29.9 Å². The van der Waals surface area contributed by atoms with Gasteiger partial charge in [-0.15, -0.1) is 0 Å². The van der Waals surface area contributed by atoms with Crippen LogP contribution in [0.25, 0.3) is 0 Å². The predicted molar refractivity (Wildman–Crippen MR) is 104 cm³/mol. The zero-order valence-corrected chi connectivity index (χ0v) is 16.2. The average molecular weight is 355 g/mol. The second-order valence-corrected chi connectivity index (χ2v) is 8.23. The van der Waals surface area contributed by atoms with E-state index in [4.69, 9.17) is 0 Å². The topological polar surface area (TPSA) is 23.6 Å². The number of carbonyl (C=O) groups excluding carboxylic acids is 1. The summed E-state index contributed by atoms with van der Waals surface area (Å²) in [6, 6.07) is 17.5. The summed E-state index contributed by atoms with van der Waals surface area (Å²) in [7, 11) is 2.13. The van der Waals surface area contributed by atoms with Gasteiger partial charge in [-0.25, -0.2) is 4.31 Å². The molecule has 1 amide bonds. The third-order valence-electron chi connectivity index (χ3n) is 4.78. The quantitative estimate of drug-likeness (QED) is 0.715. The van der Waals surface area contributed by atoms with Gasteiger partial charge in [0.05, 0.1) is 0 Å². The van der Waals surface area contributed by atoms with Gasteiger partial charge in [-0.3, -0.25) is 4.79 Å². The number of hydrogen-bond donors (Lipinski definition) is 0. The molecule has 2 aromatic carbocycles. The molecule has 1 heterocycles. The van der Waals surface area contributed by atoms with Crippen LogP contribution in [0.5, 0.6) is 0 Å². The molecule has 1 aliphatic heterocycles. The summed E-state index contributed by atoms with van der Waals surface area (Å²) in [6.07, 6.45) is 0. The van der Waals surface area contributed by atoms with E-state index in [1.54, 1.807) is 11.9 Å². The highest BCUT2D eigenvalue weighted by Crippen LogP contribution is 2.33. The number of carbonyl (C=O) groups is 1. The fraction of sp³-hybridized carbons (Fsp3) is 0.381. The van der Waals surface area contributed by atoms with Gasteiger partial charge in [0.2, 0.25) is 5.91 Å². The van der Waals surface area contributed by atoms with E-state index in [0.717, 1.165) is 13.1 Å². The van der Waals surface area contributed by atoms with E-state index >= 15 is 0 Å². The van der Waals surface area contributed by atoms with Gasteiger partial charge in [0.15, 0.2) is 0 Å². The Hall–Kier alpha value is -1.78. The van der Waals surface area contributed by atoms with Crippen LogP contribution < -0.4 is 0 Å². The molecule has 0 bridgehead atoms. The maximum Gasteiger partial charge on any atom is 0.225 e. The van der Waals surface area contributed by atoms with Crippen LogP contribution in [0.1, 0.15) is 43.5 Å². The molecular weight excluding hydrogens is 328 g/mol. The standard InChI is InChI=1S/C21H26N2OS/c1-15(2)21(24)23-13-18-10-11-20(12-19(18)14-23)25-22(4)16(3)17-8-6-5-7-9-17/h5-12,15-16H,13-14H2,1-4H3. The van der Waals surface area contributed by atoms with Crippen LogP contribution in [0.2, 0.25) is 0 Å². The summed E-state index contributed by atoms with van der Waals surface area (Å²) in [6.45, 7) is 7.63. The third-order valence-corrected chi connectivity index (χ3v) is 5.85. The maximum atomic E-state index is 12.2. The highest BCUT2D eigenvalue weighted by atomic mass is 32.2. The molecule has 4 heteroatoms. The second-order valence-electron chi connectivity index (χ2n) is 7.00. The van der Waals surface area contributed by atoms with Crippen LogP contribution in [-0.4, -0.2) is 22.2 Å². The van der Waals surface area contributed by atoms with E-state index in [9.17, 15) is 4.79 Å². The molecule has 1 unspecified atom stereocenters. The number of nitrogens with zero attached hydrogens (tertiary/aromatic N) is 2. The van der Waals surface area contributed by atoms with Crippen molar-refractivity contribution in [3.63, 3.8) is 0 Å². The van der Waals surface area contributed by atoms with Crippen molar-refractivity contribution in [1.29, 1.82) is 0 Å². The SMILES string of the molecule is CC(C)C(=O)N1Cc2ccc(SN(C)C(C)c3ccccc3)cc2C1. The molecule has 0 N–H and O–H groups in total. The van der Waals surface area contributed by atoms with E-state index < -0.39 is 0 Å². The minimum Gasteiger partial charge on any atom is -0.334 e. The third kappa shape index (κ3) is 4.07. The number of amides is 1. The Morgan fingerprint density at radius 1 is 1.04 bits per heavy atom. The van der Waals surface area contributed by atoms with Crippen molar-refractivity contribution in [2.75, 3.05) is 7.05 Å². The molecule has 0 radical (unpaired) electrons. The monoisotopic (exact) mass is 354 g/mol. The van der Waals surface area contributed by atoms with Crippen LogP contribution in [0, 0.1) is 5.92 Å². The van der Waals surface area contributed by atoms with Crippen molar-refractivity contribution in [2.45, 2.75) is 44.8 Å². The van der Waals surface area contributed by atoms with Gasteiger partial charge in [0.1, 0.15) is 0 Å². The predicted octanol–water partition coefficient (Wildman–Crippen LogP) is 4.88. The van der Waals surface area contributed by atoms with Gasteiger partial charge in [-0.1, -0.05) is 50.2 Å². The van der Waals surface area contributed by atoms with Gasteiger partial charge < -0.3 is 4.90 Å². The van der Waals surface area contributed by atoms with Crippen molar-refractivity contribution in [3.05, 3.63) is 65.2 Å². The molecule has 1 aliphatic rings. The van der Waals surface area contributed by atoms with E-state index in [-0.39, 0.29) is 11.8 Å². The summed E-state index contributed by atoms with van der Waals surface area (Å²) in [5.41, 5.74) is 3.87. The molecule has 0 aliphatic carbocycles. The number of hydrogen-bond acceptors (Lipinski definition) is 3. The Kier molecular flexibility index (Phi) is 5.50. The largest absolute Gasteiger partial charge is 0.334 e. The minimum atomic E-state index is 0.0565. The first-order valence-corrected chi connectivity index (χ1v) is 9.59. The Labute approximate surface area is 155 Å². The number of rotatable bonds is 5. The van der Waals surface area contributed by atoms with Crippen molar-refractivity contribution >= 4 is 17.9 Å². The summed E-state index contributed by atoms with van der Waals surface area (Å²) >= 11 is 1.76. The molecule has 2 aromatic rings. The molecule has 25 heavy (non-hydrogen) atoms. The van der Waals surface area contributed by atoms with E-state index in [1.807, 2.05) is 24.8 Å². The number of benzene rings is 2. The van der Waals surface area contributed by atoms with Crippen molar-refractivity contribution in [2.24, 2.45) is 5.92 Å². The Balaban J connectivity index is 1.68. The normalized spacial score (nSPS) is 14.9. The summed E-state index contributed by atoms with van der Waals surface area (Å²) in [4.78, 5) is 15.4. The molecule has 3 nitrogen and oxygen atoms in total. The van der Waals surface area contributed by atoms with Crippen LogP contribution >= 0.6 is 11.9 Å². The molecule has 1 atom stereocenters. The zero-order chi connectivity index (χ0) is 18.0. The lowest BCUT2D eigenvalue weighted by atomic mass is 10.1. The molecular formula is C21H26N2OS. The summed E-state index contributed by atoms with van der Waals surface area (Å²) < 4.78 is 2.28. The maximum absolute atomic E-state index is 12.2.